The molecule has 1 unspecified atom stereocenters. The first-order valence-electron chi connectivity index (χ1n) is 6.54. The molecule has 104 valence electrons. The number of rotatable bonds is 7. The summed E-state index contributed by atoms with van der Waals surface area (Å²) in [7, 11) is 4.12. The van der Waals surface area contributed by atoms with Gasteiger partial charge in [0.2, 0.25) is 0 Å². The number of hydrogen-bond acceptors (Lipinski definition) is 3. The lowest BCUT2D eigenvalue weighted by molar-refractivity contribution is 0.269. The van der Waals surface area contributed by atoms with E-state index in [1.807, 2.05) is 18.7 Å². The standard InChI is InChI=1S/C13H25ClN4/c1-6-18-12(13(14)11(3)16-18)9-17(5)8-10(2)7-15-4/h10,15H,6-9H2,1-5H3. The summed E-state index contributed by atoms with van der Waals surface area (Å²) in [5.74, 6) is 0.623. The van der Waals surface area contributed by atoms with E-state index in [0.29, 0.717) is 5.92 Å². The summed E-state index contributed by atoms with van der Waals surface area (Å²) < 4.78 is 2.00. The Morgan fingerprint density at radius 3 is 2.72 bits per heavy atom. The molecule has 18 heavy (non-hydrogen) atoms. The molecular weight excluding hydrogens is 248 g/mol. The SMILES string of the molecule is CCn1nc(C)c(Cl)c1CN(C)CC(C)CNC. The van der Waals surface area contributed by atoms with Crippen molar-refractivity contribution >= 4 is 11.6 Å². The molecule has 5 heteroatoms. The van der Waals surface area contributed by atoms with Gasteiger partial charge in [-0.1, -0.05) is 18.5 Å². The van der Waals surface area contributed by atoms with Gasteiger partial charge >= 0.3 is 0 Å². The molecule has 0 amide bonds. The van der Waals surface area contributed by atoms with Gasteiger partial charge in [0.05, 0.1) is 16.4 Å². The van der Waals surface area contributed by atoms with Crippen LogP contribution in [0, 0.1) is 12.8 Å². The first-order valence-corrected chi connectivity index (χ1v) is 6.92. The van der Waals surface area contributed by atoms with Crippen molar-refractivity contribution in [3.8, 4) is 0 Å². The Hall–Kier alpha value is -0.580. The van der Waals surface area contributed by atoms with Gasteiger partial charge in [0.1, 0.15) is 0 Å². The normalized spacial score (nSPS) is 13.3. The van der Waals surface area contributed by atoms with Gasteiger partial charge in [0.25, 0.3) is 0 Å². The van der Waals surface area contributed by atoms with Crippen LogP contribution < -0.4 is 5.32 Å². The number of aryl methyl sites for hydroxylation is 2. The third-order valence-electron chi connectivity index (χ3n) is 3.05. The number of nitrogens with one attached hydrogen (secondary N) is 1. The topological polar surface area (TPSA) is 33.1 Å². The fraction of sp³-hybridized carbons (Fsp3) is 0.769. The number of aromatic nitrogens is 2. The average molecular weight is 273 g/mol. The van der Waals surface area contributed by atoms with Gasteiger partial charge in [-0.3, -0.25) is 4.68 Å². The zero-order chi connectivity index (χ0) is 13.7. The Labute approximate surface area is 115 Å². The quantitative estimate of drug-likeness (QED) is 0.826. The van der Waals surface area contributed by atoms with E-state index in [4.69, 9.17) is 11.6 Å². The minimum Gasteiger partial charge on any atom is -0.319 e. The van der Waals surface area contributed by atoms with Crippen molar-refractivity contribution in [2.45, 2.75) is 33.9 Å². The Kier molecular flexibility index (Phi) is 6.12. The lowest BCUT2D eigenvalue weighted by atomic mass is 10.1. The summed E-state index contributed by atoms with van der Waals surface area (Å²) in [6, 6.07) is 0. The molecule has 0 bridgehead atoms. The van der Waals surface area contributed by atoms with Crippen LogP contribution in [0.5, 0.6) is 0 Å². The predicted octanol–water partition coefficient (Wildman–Crippen LogP) is 2.15. The zero-order valence-electron chi connectivity index (χ0n) is 12.1. The average Bonchev–Trinajstić information content (AvgIpc) is 2.57. The van der Waals surface area contributed by atoms with E-state index in [0.717, 1.165) is 42.6 Å². The van der Waals surface area contributed by atoms with Crippen molar-refractivity contribution in [3.05, 3.63) is 16.4 Å². The molecule has 0 aliphatic heterocycles. The molecule has 0 aliphatic rings. The van der Waals surface area contributed by atoms with Crippen molar-refractivity contribution in [3.63, 3.8) is 0 Å². The Morgan fingerprint density at radius 1 is 1.50 bits per heavy atom. The van der Waals surface area contributed by atoms with Gasteiger partial charge in [-0.15, -0.1) is 0 Å². The van der Waals surface area contributed by atoms with Gasteiger partial charge in [-0.25, -0.2) is 0 Å². The molecule has 4 nitrogen and oxygen atoms in total. The predicted molar refractivity (Wildman–Crippen MR) is 77.1 cm³/mol. The van der Waals surface area contributed by atoms with Crippen molar-refractivity contribution in [1.29, 1.82) is 0 Å². The molecule has 0 saturated heterocycles. The van der Waals surface area contributed by atoms with Crippen molar-refractivity contribution in [1.82, 2.24) is 20.0 Å². The van der Waals surface area contributed by atoms with Crippen LogP contribution in [0.25, 0.3) is 0 Å². The highest BCUT2D eigenvalue weighted by Crippen LogP contribution is 2.21. The van der Waals surface area contributed by atoms with Gasteiger partial charge in [0.15, 0.2) is 0 Å². The molecule has 1 aromatic heterocycles. The molecule has 0 fully saturated rings. The fourth-order valence-electron chi connectivity index (χ4n) is 2.29. The summed E-state index contributed by atoms with van der Waals surface area (Å²) in [5, 5.41) is 8.46. The first kappa shape index (κ1) is 15.5. The van der Waals surface area contributed by atoms with E-state index in [2.05, 4.69) is 36.2 Å². The summed E-state index contributed by atoms with van der Waals surface area (Å²) in [6.45, 7) is 10.1. The summed E-state index contributed by atoms with van der Waals surface area (Å²) >= 11 is 6.31. The molecule has 1 heterocycles. The van der Waals surface area contributed by atoms with Gasteiger partial charge < -0.3 is 10.2 Å². The van der Waals surface area contributed by atoms with E-state index in [1.54, 1.807) is 0 Å². The third-order valence-corrected chi connectivity index (χ3v) is 3.54. The lowest BCUT2D eigenvalue weighted by Gasteiger charge is -2.21. The van der Waals surface area contributed by atoms with Crippen LogP contribution in [0.4, 0.5) is 0 Å². The maximum absolute atomic E-state index is 6.31. The van der Waals surface area contributed by atoms with E-state index in [-0.39, 0.29) is 0 Å². The highest BCUT2D eigenvalue weighted by molar-refractivity contribution is 6.31. The lowest BCUT2D eigenvalue weighted by Crippen LogP contribution is -2.30. The molecule has 0 aliphatic carbocycles. The molecule has 0 radical (unpaired) electrons. The van der Waals surface area contributed by atoms with Crippen LogP contribution in [0.15, 0.2) is 0 Å². The Bertz CT molecular complexity index is 375. The fourth-order valence-corrected chi connectivity index (χ4v) is 2.48. The van der Waals surface area contributed by atoms with E-state index in [1.165, 1.54) is 0 Å². The van der Waals surface area contributed by atoms with Crippen molar-refractivity contribution < 1.29 is 0 Å². The number of nitrogens with zero attached hydrogens (tertiary/aromatic N) is 3. The molecule has 0 spiro atoms. The third kappa shape index (κ3) is 3.97. The monoisotopic (exact) mass is 272 g/mol. The maximum Gasteiger partial charge on any atom is 0.0860 e. The van der Waals surface area contributed by atoms with Crippen molar-refractivity contribution in [2.75, 3.05) is 27.2 Å². The largest absolute Gasteiger partial charge is 0.319 e. The second-order valence-corrected chi connectivity index (χ2v) is 5.40. The number of halogens is 1. The second kappa shape index (κ2) is 7.12. The molecular formula is C13H25ClN4. The Balaban J connectivity index is 2.66. The van der Waals surface area contributed by atoms with Crippen LogP contribution in [-0.2, 0) is 13.1 Å². The minimum absolute atomic E-state index is 0.623. The van der Waals surface area contributed by atoms with Crippen LogP contribution >= 0.6 is 11.6 Å². The van der Waals surface area contributed by atoms with Crippen molar-refractivity contribution in [2.24, 2.45) is 5.92 Å². The van der Waals surface area contributed by atoms with Crippen LogP contribution in [0.2, 0.25) is 5.02 Å². The van der Waals surface area contributed by atoms with Crippen LogP contribution in [0.1, 0.15) is 25.2 Å². The van der Waals surface area contributed by atoms with E-state index in [9.17, 15) is 0 Å². The highest BCUT2D eigenvalue weighted by atomic mass is 35.5. The van der Waals surface area contributed by atoms with Crippen LogP contribution in [0.3, 0.4) is 0 Å². The van der Waals surface area contributed by atoms with E-state index < -0.39 is 0 Å². The highest BCUT2D eigenvalue weighted by Gasteiger charge is 2.15. The molecule has 1 rings (SSSR count). The molecule has 1 atom stereocenters. The summed E-state index contributed by atoms with van der Waals surface area (Å²) in [6.07, 6.45) is 0. The first-order chi connectivity index (χ1) is 8.49. The smallest absolute Gasteiger partial charge is 0.0860 e. The minimum atomic E-state index is 0.623. The van der Waals surface area contributed by atoms with Crippen LogP contribution in [-0.4, -0.2) is 41.9 Å². The van der Waals surface area contributed by atoms with Gasteiger partial charge in [-0.05, 0) is 40.4 Å². The second-order valence-electron chi connectivity index (χ2n) is 5.02. The Morgan fingerprint density at radius 2 is 2.17 bits per heavy atom. The summed E-state index contributed by atoms with van der Waals surface area (Å²) in [4.78, 5) is 2.30. The summed E-state index contributed by atoms with van der Waals surface area (Å²) in [5.41, 5.74) is 2.04. The zero-order valence-corrected chi connectivity index (χ0v) is 12.9. The van der Waals surface area contributed by atoms with Gasteiger partial charge in [0, 0.05) is 19.6 Å². The maximum atomic E-state index is 6.31. The molecule has 1 aromatic rings. The molecule has 1 N–H and O–H groups in total. The van der Waals surface area contributed by atoms with E-state index >= 15 is 0 Å². The van der Waals surface area contributed by atoms with Gasteiger partial charge in [-0.2, -0.15) is 5.10 Å². The molecule has 0 saturated carbocycles. The molecule has 0 aromatic carbocycles. The number of hydrogen-bond donors (Lipinski definition) is 1.